The monoisotopic (exact) mass is 269 g/mol. The highest BCUT2D eigenvalue weighted by Gasteiger charge is 2.28. The maximum Gasteiger partial charge on any atom is 0.307 e. The summed E-state index contributed by atoms with van der Waals surface area (Å²) in [4.78, 5) is 12.7. The normalized spacial score (nSPS) is 25.0. The average Bonchev–Trinajstić information content (AvgIpc) is 3.00. The molecule has 3 atom stereocenters. The van der Waals surface area contributed by atoms with Gasteiger partial charge in [0, 0.05) is 17.5 Å². The number of ether oxygens (including phenoxy) is 2. The van der Waals surface area contributed by atoms with E-state index in [0.29, 0.717) is 12.5 Å². The van der Waals surface area contributed by atoms with Gasteiger partial charge in [-0.3, -0.25) is 4.79 Å². The number of rotatable bonds is 5. The topological polar surface area (TPSA) is 47.6 Å². The lowest BCUT2D eigenvalue weighted by Gasteiger charge is -2.23. The summed E-state index contributed by atoms with van der Waals surface area (Å²) in [6.07, 6.45) is 1.55. The first-order chi connectivity index (χ1) is 8.70. The van der Waals surface area contributed by atoms with Crippen molar-refractivity contribution >= 4 is 17.3 Å². The van der Waals surface area contributed by atoms with E-state index in [4.69, 9.17) is 9.47 Å². The van der Waals surface area contributed by atoms with Crippen LogP contribution >= 0.6 is 11.3 Å². The van der Waals surface area contributed by atoms with Gasteiger partial charge >= 0.3 is 5.97 Å². The Bertz CT molecular complexity index is 380. The number of carbonyl (C=O) groups excluding carboxylic acids is 1. The fraction of sp³-hybridized carbons (Fsp3) is 0.615. The summed E-state index contributed by atoms with van der Waals surface area (Å²) in [7, 11) is 1.43. The lowest BCUT2D eigenvalue weighted by molar-refractivity contribution is -0.141. The molecule has 1 aromatic heterocycles. The van der Waals surface area contributed by atoms with Crippen molar-refractivity contribution in [3.05, 3.63) is 22.4 Å². The second-order valence-electron chi connectivity index (χ2n) is 4.49. The van der Waals surface area contributed by atoms with Crippen LogP contribution in [0.2, 0.25) is 0 Å². The van der Waals surface area contributed by atoms with Crippen LogP contribution in [0.4, 0.5) is 0 Å². The quantitative estimate of drug-likeness (QED) is 0.832. The summed E-state index contributed by atoms with van der Waals surface area (Å²) in [6, 6.07) is 4.38. The van der Waals surface area contributed by atoms with Crippen LogP contribution in [0.15, 0.2) is 17.5 Å². The smallest absolute Gasteiger partial charge is 0.307 e. The number of nitrogens with one attached hydrogen (secondary N) is 1. The van der Waals surface area contributed by atoms with E-state index < -0.39 is 0 Å². The number of carbonyl (C=O) groups is 1. The molecule has 1 aliphatic heterocycles. The van der Waals surface area contributed by atoms with Crippen LogP contribution in [-0.2, 0) is 14.3 Å². The zero-order chi connectivity index (χ0) is 13.0. The molecule has 0 radical (unpaired) electrons. The second kappa shape index (κ2) is 6.31. The van der Waals surface area contributed by atoms with Gasteiger partial charge in [-0.15, -0.1) is 11.3 Å². The van der Waals surface area contributed by atoms with E-state index in [1.54, 1.807) is 11.3 Å². The zero-order valence-corrected chi connectivity index (χ0v) is 11.5. The molecule has 0 amide bonds. The van der Waals surface area contributed by atoms with E-state index in [2.05, 4.69) is 12.2 Å². The van der Waals surface area contributed by atoms with E-state index in [1.165, 1.54) is 12.0 Å². The molecule has 0 aliphatic carbocycles. The minimum atomic E-state index is -0.188. The Morgan fingerprint density at radius 2 is 2.56 bits per heavy atom. The maximum absolute atomic E-state index is 11.5. The van der Waals surface area contributed by atoms with Gasteiger partial charge in [0.05, 0.1) is 25.7 Å². The Morgan fingerprint density at radius 1 is 1.72 bits per heavy atom. The molecule has 5 heteroatoms. The molecule has 4 nitrogen and oxygen atoms in total. The Labute approximate surface area is 111 Å². The fourth-order valence-corrected chi connectivity index (χ4v) is 2.98. The molecular weight excluding hydrogens is 250 g/mol. The van der Waals surface area contributed by atoms with Crippen molar-refractivity contribution in [2.24, 2.45) is 0 Å². The first kappa shape index (κ1) is 13.5. The maximum atomic E-state index is 11.5. The highest BCUT2D eigenvalue weighted by Crippen LogP contribution is 2.25. The average molecular weight is 269 g/mol. The number of esters is 1. The molecule has 100 valence electrons. The van der Waals surface area contributed by atoms with Crippen molar-refractivity contribution in [1.82, 2.24) is 5.32 Å². The Kier molecular flexibility index (Phi) is 4.74. The van der Waals surface area contributed by atoms with Crippen LogP contribution in [0.3, 0.4) is 0 Å². The standard InChI is InChI=1S/C13H19NO3S/c1-9-10(5-6-17-9)14-11(8-13(15)16-2)12-4-3-7-18-12/h3-4,7,9-11,14H,5-6,8H2,1-2H3. The first-order valence-electron chi connectivity index (χ1n) is 6.18. The SMILES string of the molecule is COC(=O)CC(NC1CCOC1C)c1cccs1. The second-order valence-corrected chi connectivity index (χ2v) is 5.47. The summed E-state index contributed by atoms with van der Waals surface area (Å²) in [6.45, 7) is 2.85. The van der Waals surface area contributed by atoms with Gasteiger partial charge in [-0.2, -0.15) is 0 Å². The molecule has 0 aromatic carbocycles. The molecule has 2 heterocycles. The largest absolute Gasteiger partial charge is 0.469 e. The van der Waals surface area contributed by atoms with Gasteiger partial charge in [-0.25, -0.2) is 0 Å². The van der Waals surface area contributed by atoms with Gasteiger partial charge in [0.25, 0.3) is 0 Å². The molecule has 1 N–H and O–H groups in total. The molecule has 3 unspecified atom stereocenters. The molecule has 1 aromatic rings. The van der Waals surface area contributed by atoms with Gasteiger partial charge in [0.1, 0.15) is 0 Å². The molecule has 0 saturated carbocycles. The minimum absolute atomic E-state index is 0.0200. The molecule has 18 heavy (non-hydrogen) atoms. The number of hydrogen-bond donors (Lipinski definition) is 1. The highest BCUT2D eigenvalue weighted by molar-refractivity contribution is 7.10. The molecule has 1 fully saturated rings. The summed E-state index contributed by atoms with van der Waals surface area (Å²) in [5.74, 6) is -0.188. The molecule has 2 rings (SSSR count). The van der Waals surface area contributed by atoms with Crippen molar-refractivity contribution in [3.8, 4) is 0 Å². The van der Waals surface area contributed by atoms with E-state index in [0.717, 1.165) is 13.0 Å². The van der Waals surface area contributed by atoms with E-state index in [9.17, 15) is 4.79 Å². The summed E-state index contributed by atoms with van der Waals surface area (Å²) < 4.78 is 10.3. The van der Waals surface area contributed by atoms with Crippen LogP contribution in [0.25, 0.3) is 0 Å². The van der Waals surface area contributed by atoms with Gasteiger partial charge in [0.2, 0.25) is 0 Å². The van der Waals surface area contributed by atoms with Crippen LogP contribution in [0, 0.1) is 0 Å². The van der Waals surface area contributed by atoms with E-state index in [1.807, 2.05) is 17.5 Å². The van der Waals surface area contributed by atoms with Crippen molar-refractivity contribution in [1.29, 1.82) is 0 Å². The lowest BCUT2D eigenvalue weighted by Crippen LogP contribution is -2.38. The fourth-order valence-electron chi connectivity index (χ4n) is 2.19. The third kappa shape index (κ3) is 3.31. The Hall–Kier alpha value is -0.910. The Balaban J connectivity index is 2.02. The van der Waals surface area contributed by atoms with Crippen molar-refractivity contribution < 1.29 is 14.3 Å². The van der Waals surface area contributed by atoms with Crippen molar-refractivity contribution in [2.45, 2.75) is 38.0 Å². The van der Waals surface area contributed by atoms with Crippen LogP contribution in [0.1, 0.15) is 30.7 Å². The van der Waals surface area contributed by atoms with Crippen LogP contribution in [0.5, 0.6) is 0 Å². The lowest BCUT2D eigenvalue weighted by atomic mass is 10.1. The molecule has 0 spiro atoms. The van der Waals surface area contributed by atoms with Crippen LogP contribution < -0.4 is 5.32 Å². The predicted octanol–water partition coefficient (Wildman–Crippen LogP) is 2.12. The van der Waals surface area contributed by atoms with Crippen LogP contribution in [-0.4, -0.2) is 31.8 Å². The number of methoxy groups -OCH3 is 1. The molecule has 1 aliphatic rings. The van der Waals surface area contributed by atoms with Gasteiger partial charge in [-0.1, -0.05) is 6.07 Å². The molecule has 1 saturated heterocycles. The van der Waals surface area contributed by atoms with Crippen molar-refractivity contribution in [3.63, 3.8) is 0 Å². The first-order valence-corrected chi connectivity index (χ1v) is 7.06. The molecular formula is C13H19NO3S. The third-order valence-corrected chi connectivity index (χ3v) is 4.26. The van der Waals surface area contributed by atoms with Gasteiger partial charge < -0.3 is 14.8 Å². The van der Waals surface area contributed by atoms with Gasteiger partial charge in [0.15, 0.2) is 0 Å². The number of thiophene rings is 1. The predicted molar refractivity (Wildman–Crippen MR) is 70.6 cm³/mol. The minimum Gasteiger partial charge on any atom is -0.469 e. The van der Waals surface area contributed by atoms with E-state index in [-0.39, 0.29) is 18.1 Å². The van der Waals surface area contributed by atoms with Crippen molar-refractivity contribution in [2.75, 3.05) is 13.7 Å². The van der Waals surface area contributed by atoms with E-state index >= 15 is 0 Å². The Morgan fingerprint density at radius 3 is 3.11 bits per heavy atom. The highest BCUT2D eigenvalue weighted by atomic mass is 32.1. The summed E-state index contributed by atoms with van der Waals surface area (Å²) in [5, 5.41) is 5.54. The zero-order valence-electron chi connectivity index (χ0n) is 10.7. The van der Waals surface area contributed by atoms with Gasteiger partial charge in [-0.05, 0) is 24.8 Å². The number of hydrogen-bond acceptors (Lipinski definition) is 5. The third-order valence-electron chi connectivity index (χ3n) is 3.28. The molecule has 0 bridgehead atoms. The summed E-state index contributed by atoms with van der Waals surface area (Å²) in [5.41, 5.74) is 0. The summed E-state index contributed by atoms with van der Waals surface area (Å²) >= 11 is 1.66.